The summed E-state index contributed by atoms with van der Waals surface area (Å²) in [6.07, 6.45) is 5.14. The van der Waals surface area contributed by atoms with E-state index in [2.05, 4.69) is 19.2 Å². The lowest BCUT2D eigenvalue weighted by atomic mass is 10.0. The minimum Gasteiger partial charge on any atom is -0.396 e. The molecule has 0 aliphatic heterocycles. The Bertz CT molecular complexity index is 126. The van der Waals surface area contributed by atoms with Crippen molar-refractivity contribution in [1.82, 2.24) is 5.32 Å². The van der Waals surface area contributed by atoms with Crippen LogP contribution in [0.2, 0.25) is 0 Å². The van der Waals surface area contributed by atoms with Crippen LogP contribution in [0.15, 0.2) is 0 Å². The zero-order chi connectivity index (χ0) is 10.9. The highest BCUT2D eigenvalue weighted by atomic mass is 16.3. The average molecular weight is 203 g/mol. The van der Waals surface area contributed by atoms with Crippen LogP contribution in [0.25, 0.3) is 0 Å². The number of rotatable bonds is 9. The summed E-state index contributed by atoms with van der Waals surface area (Å²) < 4.78 is 0. The Hall–Kier alpha value is -0.120. The third-order valence-electron chi connectivity index (χ3n) is 2.43. The summed E-state index contributed by atoms with van der Waals surface area (Å²) in [7, 11) is 0. The zero-order valence-electron chi connectivity index (χ0n) is 9.55. The van der Waals surface area contributed by atoms with E-state index in [0.29, 0.717) is 6.61 Å². The van der Waals surface area contributed by atoms with Gasteiger partial charge in [-0.1, -0.05) is 12.8 Å². The Morgan fingerprint density at radius 3 is 2.14 bits per heavy atom. The van der Waals surface area contributed by atoms with Crippen molar-refractivity contribution < 1.29 is 10.2 Å². The third kappa shape index (κ3) is 8.48. The minimum atomic E-state index is 0.0473. The highest BCUT2D eigenvalue weighted by Gasteiger charge is 2.14. The molecule has 0 saturated heterocycles. The van der Waals surface area contributed by atoms with Gasteiger partial charge in [0.15, 0.2) is 0 Å². The lowest BCUT2D eigenvalue weighted by Gasteiger charge is -2.25. The van der Waals surface area contributed by atoms with Crippen LogP contribution in [0.1, 0.15) is 46.0 Å². The van der Waals surface area contributed by atoms with E-state index in [1.807, 2.05) is 0 Å². The summed E-state index contributed by atoms with van der Waals surface area (Å²) in [6.45, 7) is 5.76. The molecule has 0 aliphatic carbocycles. The molecule has 0 atom stereocenters. The van der Waals surface area contributed by atoms with Gasteiger partial charge in [0.1, 0.15) is 0 Å². The Morgan fingerprint density at radius 2 is 1.57 bits per heavy atom. The summed E-state index contributed by atoms with van der Waals surface area (Å²) in [5.74, 6) is 0. The fraction of sp³-hybridized carbons (Fsp3) is 1.00. The van der Waals surface area contributed by atoms with Crippen molar-refractivity contribution in [3.05, 3.63) is 0 Å². The largest absolute Gasteiger partial charge is 0.396 e. The monoisotopic (exact) mass is 203 g/mol. The van der Waals surface area contributed by atoms with Gasteiger partial charge in [-0.2, -0.15) is 0 Å². The lowest BCUT2D eigenvalue weighted by molar-refractivity contribution is 0.230. The van der Waals surface area contributed by atoms with Gasteiger partial charge in [-0.15, -0.1) is 0 Å². The lowest BCUT2D eigenvalue weighted by Crippen LogP contribution is -2.40. The van der Waals surface area contributed by atoms with Crippen molar-refractivity contribution >= 4 is 0 Å². The summed E-state index contributed by atoms with van der Waals surface area (Å²) in [6, 6.07) is 0. The molecule has 0 aromatic rings. The molecule has 14 heavy (non-hydrogen) atoms. The molecule has 0 aromatic heterocycles. The maximum atomic E-state index is 8.81. The first-order chi connectivity index (χ1) is 6.62. The maximum Gasteiger partial charge on any atom is 0.0448 e. The molecular weight excluding hydrogens is 178 g/mol. The molecule has 3 nitrogen and oxygen atoms in total. The van der Waals surface area contributed by atoms with Gasteiger partial charge in [0.25, 0.3) is 0 Å². The summed E-state index contributed by atoms with van der Waals surface area (Å²) in [5, 5.41) is 20.8. The summed E-state index contributed by atoms with van der Waals surface area (Å²) in [4.78, 5) is 0. The van der Waals surface area contributed by atoms with Crippen molar-refractivity contribution in [3.63, 3.8) is 0 Å². The Morgan fingerprint density at radius 1 is 0.929 bits per heavy atom. The molecule has 0 bridgehead atoms. The highest BCUT2D eigenvalue weighted by Crippen LogP contribution is 2.07. The van der Waals surface area contributed by atoms with Crippen LogP contribution in [0.3, 0.4) is 0 Å². The van der Waals surface area contributed by atoms with Crippen LogP contribution in [-0.4, -0.2) is 35.5 Å². The first kappa shape index (κ1) is 13.9. The number of aliphatic hydroxyl groups excluding tert-OH is 2. The molecular formula is C11H25NO2. The van der Waals surface area contributed by atoms with Gasteiger partial charge in [-0.05, 0) is 39.7 Å². The number of unbranched alkanes of at least 4 members (excludes halogenated alkanes) is 3. The van der Waals surface area contributed by atoms with Gasteiger partial charge >= 0.3 is 0 Å². The molecule has 0 aliphatic rings. The van der Waals surface area contributed by atoms with E-state index in [1.165, 1.54) is 6.42 Å². The molecule has 0 fully saturated rings. The molecule has 3 heteroatoms. The molecule has 86 valence electrons. The highest BCUT2D eigenvalue weighted by molar-refractivity contribution is 4.76. The van der Waals surface area contributed by atoms with Gasteiger partial charge < -0.3 is 15.5 Å². The predicted molar refractivity (Wildman–Crippen MR) is 59.3 cm³/mol. The quantitative estimate of drug-likeness (QED) is 0.495. The van der Waals surface area contributed by atoms with Crippen molar-refractivity contribution in [2.45, 2.75) is 51.5 Å². The number of hydrogen-bond acceptors (Lipinski definition) is 3. The van der Waals surface area contributed by atoms with Crippen LogP contribution in [0.4, 0.5) is 0 Å². The number of aliphatic hydroxyl groups is 2. The standard InChI is InChI=1S/C11H25NO2/c1-11(2,7-10-14)12-8-5-3-4-6-9-13/h12-14H,3-10H2,1-2H3. The topological polar surface area (TPSA) is 52.5 Å². The molecule has 0 unspecified atom stereocenters. The molecule has 0 heterocycles. The van der Waals surface area contributed by atoms with E-state index in [0.717, 1.165) is 32.2 Å². The fourth-order valence-corrected chi connectivity index (χ4v) is 1.39. The zero-order valence-corrected chi connectivity index (χ0v) is 9.55. The van der Waals surface area contributed by atoms with E-state index < -0.39 is 0 Å². The van der Waals surface area contributed by atoms with Crippen LogP contribution >= 0.6 is 0 Å². The van der Waals surface area contributed by atoms with Crippen LogP contribution < -0.4 is 5.32 Å². The van der Waals surface area contributed by atoms with Gasteiger partial charge in [-0.3, -0.25) is 0 Å². The second-order valence-electron chi connectivity index (χ2n) is 4.42. The third-order valence-corrected chi connectivity index (χ3v) is 2.43. The molecule has 0 aromatic carbocycles. The molecule has 0 rings (SSSR count). The van der Waals surface area contributed by atoms with Crippen molar-refractivity contribution in [3.8, 4) is 0 Å². The predicted octanol–water partition coefficient (Wildman–Crippen LogP) is 1.29. The van der Waals surface area contributed by atoms with E-state index in [9.17, 15) is 0 Å². The number of hydrogen-bond donors (Lipinski definition) is 3. The Balaban J connectivity index is 3.26. The molecule has 0 spiro atoms. The van der Waals surface area contributed by atoms with E-state index in [-0.39, 0.29) is 12.1 Å². The summed E-state index contributed by atoms with van der Waals surface area (Å²) >= 11 is 0. The summed E-state index contributed by atoms with van der Waals surface area (Å²) in [5.41, 5.74) is 0.0473. The van der Waals surface area contributed by atoms with E-state index in [4.69, 9.17) is 10.2 Å². The Kier molecular flexibility index (Phi) is 8.14. The van der Waals surface area contributed by atoms with Crippen molar-refractivity contribution in [1.29, 1.82) is 0 Å². The first-order valence-corrected chi connectivity index (χ1v) is 5.59. The van der Waals surface area contributed by atoms with Crippen LogP contribution in [0, 0.1) is 0 Å². The number of nitrogens with one attached hydrogen (secondary N) is 1. The Labute approximate surface area is 87.5 Å². The molecule has 3 N–H and O–H groups in total. The van der Waals surface area contributed by atoms with Crippen molar-refractivity contribution in [2.24, 2.45) is 0 Å². The van der Waals surface area contributed by atoms with E-state index >= 15 is 0 Å². The second kappa shape index (κ2) is 8.21. The average Bonchev–Trinajstić information content (AvgIpc) is 2.11. The van der Waals surface area contributed by atoms with Crippen molar-refractivity contribution in [2.75, 3.05) is 19.8 Å². The van der Waals surface area contributed by atoms with E-state index in [1.54, 1.807) is 0 Å². The SMILES string of the molecule is CC(C)(CCO)NCCCCCCO. The fourth-order valence-electron chi connectivity index (χ4n) is 1.39. The van der Waals surface area contributed by atoms with Crippen LogP contribution in [0.5, 0.6) is 0 Å². The van der Waals surface area contributed by atoms with Gasteiger partial charge in [0, 0.05) is 18.8 Å². The van der Waals surface area contributed by atoms with Crippen LogP contribution in [-0.2, 0) is 0 Å². The maximum absolute atomic E-state index is 8.81. The minimum absolute atomic E-state index is 0.0473. The first-order valence-electron chi connectivity index (χ1n) is 5.59. The molecule has 0 radical (unpaired) electrons. The van der Waals surface area contributed by atoms with Gasteiger partial charge in [0.05, 0.1) is 0 Å². The van der Waals surface area contributed by atoms with Gasteiger partial charge in [-0.25, -0.2) is 0 Å². The second-order valence-corrected chi connectivity index (χ2v) is 4.42. The molecule has 0 saturated carbocycles. The normalized spacial score (nSPS) is 12.0. The molecule has 0 amide bonds. The smallest absolute Gasteiger partial charge is 0.0448 e. The van der Waals surface area contributed by atoms with Gasteiger partial charge in [0.2, 0.25) is 0 Å².